The fraction of sp³-hybridized carbons (Fsp3) is 0.421. The summed E-state index contributed by atoms with van der Waals surface area (Å²) in [6, 6.07) is 8.04. The first-order valence-corrected chi connectivity index (χ1v) is 8.24. The van der Waals surface area contributed by atoms with Gasteiger partial charge in [-0.3, -0.25) is 4.79 Å². The van der Waals surface area contributed by atoms with Crippen LogP contribution in [0.4, 0.5) is 0 Å². The number of carbonyl (C=O) groups excluding carboxylic acids is 1. The van der Waals surface area contributed by atoms with Crippen molar-refractivity contribution in [3.63, 3.8) is 0 Å². The second kappa shape index (κ2) is 7.64. The van der Waals surface area contributed by atoms with Crippen LogP contribution in [0.15, 0.2) is 48.1 Å². The molecule has 1 fully saturated rings. The Labute approximate surface area is 138 Å². The van der Waals surface area contributed by atoms with Gasteiger partial charge in [-0.1, -0.05) is 55.8 Å². The van der Waals surface area contributed by atoms with E-state index in [1.165, 1.54) is 5.56 Å². The van der Waals surface area contributed by atoms with Crippen molar-refractivity contribution in [1.82, 2.24) is 5.32 Å². The van der Waals surface area contributed by atoms with E-state index < -0.39 is 0 Å². The monoisotopic (exact) mass is 317 g/mol. The fourth-order valence-electron chi connectivity index (χ4n) is 2.45. The van der Waals surface area contributed by atoms with Gasteiger partial charge < -0.3 is 5.32 Å². The van der Waals surface area contributed by atoms with E-state index in [1.54, 1.807) is 6.08 Å². The minimum atomic E-state index is -0.0192. The zero-order chi connectivity index (χ0) is 16.1. The van der Waals surface area contributed by atoms with E-state index in [4.69, 9.17) is 11.6 Å². The van der Waals surface area contributed by atoms with Gasteiger partial charge in [-0.05, 0) is 48.3 Å². The number of benzene rings is 1. The number of allylic oxidation sites excluding steroid dienone is 3. The smallest absolute Gasteiger partial charge is 0.244 e. The van der Waals surface area contributed by atoms with Gasteiger partial charge in [0, 0.05) is 17.6 Å². The van der Waals surface area contributed by atoms with Gasteiger partial charge in [0.15, 0.2) is 0 Å². The summed E-state index contributed by atoms with van der Waals surface area (Å²) in [5.74, 6) is 1.50. The van der Waals surface area contributed by atoms with Crippen molar-refractivity contribution in [3.8, 4) is 0 Å². The second-order valence-corrected chi connectivity index (χ2v) is 6.82. The molecule has 1 N–H and O–H groups in total. The molecule has 0 bridgehead atoms. The van der Waals surface area contributed by atoms with Crippen LogP contribution in [0.3, 0.4) is 0 Å². The van der Waals surface area contributed by atoms with Crippen molar-refractivity contribution in [1.29, 1.82) is 0 Å². The first kappa shape index (κ1) is 16.8. The Morgan fingerprint density at radius 1 is 1.41 bits per heavy atom. The third-order valence-electron chi connectivity index (χ3n) is 3.79. The van der Waals surface area contributed by atoms with Crippen LogP contribution >= 0.6 is 11.6 Å². The van der Waals surface area contributed by atoms with E-state index in [0.29, 0.717) is 24.3 Å². The Hall–Kier alpha value is -1.54. The molecule has 0 radical (unpaired) electrons. The Morgan fingerprint density at radius 3 is 2.82 bits per heavy atom. The maximum Gasteiger partial charge on any atom is 0.244 e. The summed E-state index contributed by atoms with van der Waals surface area (Å²) in [7, 11) is 0. The van der Waals surface area contributed by atoms with Gasteiger partial charge in [-0.25, -0.2) is 0 Å². The summed E-state index contributed by atoms with van der Waals surface area (Å²) >= 11 is 6.23. The Morgan fingerprint density at radius 2 is 2.14 bits per heavy atom. The van der Waals surface area contributed by atoms with Crippen molar-refractivity contribution >= 4 is 17.5 Å². The highest BCUT2D eigenvalue weighted by Gasteiger charge is 2.37. The first-order valence-electron chi connectivity index (χ1n) is 7.86. The second-order valence-electron chi connectivity index (χ2n) is 6.41. The summed E-state index contributed by atoms with van der Waals surface area (Å²) in [4.78, 5) is 11.7. The molecule has 0 spiro atoms. The van der Waals surface area contributed by atoms with Crippen LogP contribution in [0, 0.1) is 11.8 Å². The molecule has 2 nitrogen and oxygen atoms in total. The number of nitrogens with one attached hydrogen (secondary N) is 1. The number of hydrogen-bond donors (Lipinski definition) is 1. The quantitative estimate of drug-likeness (QED) is 0.597. The maximum atomic E-state index is 11.7. The first-order chi connectivity index (χ1) is 10.5. The number of carbonyl (C=O) groups is 1. The molecule has 1 aromatic rings. The molecule has 2 atom stereocenters. The lowest BCUT2D eigenvalue weighted by atomic mass is 10.1. The van der Waals surface area contributed by atoms with Gasteiger partial charge in [0.2, 0.25) is 5.91 Å². The molecule has 1 aliphatic rings. The predicted molar refractivity (Wildman–Crippen MR) is 93.0 cm³/mol. The van der Waals surface area contributed by atoms with Crippen molar-refractivity contribution < 1.29 is 4.79 Å². The largest absolute Gasteiger partial charge is 0.352 e. The molecular weight excluding hydrogens is 294 g/mol. The van der Waals surface area contributed by atoms with Crippen LogP contribution in [-0.4, -0.2) is 12.5 Å². The van der Waals surface area contributed by atoms with Gasteiger partial charge in [-0.2, -0.15) is 0 Å². The summed E-state index contributed by atoms with van der Waals surface area (Å²) in [5.41, 5.74) is 2.21. The van der Waals surface area contributed by atoms with E-state index in [-0.39, 0.29) is 5.91 Å². The Balaban J connectivity index is 1.86. The van der Waals surface area contributed by atoms with E-state index in [9.17, 15) is 4.79 Å². The van der Waals surface area contributed by atoms with Gasteiger partial charge in [-0.15, -0.1) is 0 Å². The maximum absolute atomic E-state index is 11.7. The standard InChI is InChI=1S/C19H24ClNO/c1-13(2)12-21-19(22)10-14(3)8-9-15-11-17(15)16-6-4-5-7-18(16)20/h4-10,13,15,17H,11-12H2,1-3H3,(H,21,22)/t15-,17-/m1/s1. The summed E-state index contributed by atoms with van der Waals surface area (Å²) in [6.07, 6.45) is 7.02. The zero-order valence-corrected chi connectivity index (χ0v) is 14.2. The lowest BCUT2D eigenvalue weighted by molar-refractivity contribution is -0.116. The van der Waals surface area contributed by atoms with Crippen LogP contribution in [0.1, 0.15) is 38.7 Å². The molecular formula is C19H24ClNO. The summed E-state index contributed by atoms with van der Waals surface area (Å²) in [6.45, 7) is 6.83. The molecule has 3 heteroatoms. The molecule has 22 heavy (non-hydrogen) atoms. The molecule has 2 rings (SSSR count). The molecule has 0 aromatic heterocycles. The lowest BCUT2D eigenvalue weighted by Crippen LogP contribution is -2.25. The van der Waals surface area contributed by atoms with Gasteiger partial charge in [0.1, 0.15) is 0 Å². The number of hydrogen-bond acceptors (Lipinski definition) is 1. The third-order valence-corrected chi connectivity index (χ3v) is 4.14. The molecule has 118 valence electrons. The highest BCUT2D eigenvalue weighted by atomic mass is 35.5. The van der Waals surface area contributed by atoms with Gasteiger partial charge in [0.05, 0.1) is 0 Å². The van der Waals surface area contributed by atoms with Gasteiger partial charge in [0.25, 0.3) is 0 Å². The Bertz CT molecular complexity index is 589. The minimum absolute atomic E-state index is 0.0192. The van der Waals surface area contributed by atoms with Crippen molar-refractivity contribution in [2.75, 3.05) is 6.54 Å². The van der Waals surface area contributed by atoms with E-state index >= 15 is 0 Å². The average Bonchev–Trinajstić information content (AvgIpc) is 3.23. The highest BCUT2D eigenvalue weighted by Crippen LogP contribution is 2.50. The van der Waals surface area contributed by atoms with Gasteiger partial charge >= 0.3 is 0 Å². The van der Waals surface area contributed by atoms with E-state index in [2.05, 4.69) is 31.3 Å². The van der Waals surface area contributed by atoms with Crippen LogP contribution in [-0.2, 0) is 4.79 Å². The predicted octanol–water partition coefficient (Wildman–Crippen LogP) is 4.72. The number of halogens is 1. The van der Waals surface area contributed by atoms with Crippen LogP contribution in [0.5, 0.6) is 0 Å². The molecule has 0 saturated heterocycles. The van der Waals surface area contributed by atoms with E-state index in [0.717, 1.165) is 17.0 Å². The van der Waals surface area contributed by atoms with Crippen LogP contribution in [0.2, 0.25) is 5.02 Å². The van der Waals surface area contributed by atoms with Crippen LogP contribution < -0.4 is 5.32 Å². The Kier molecular flexibility index (Phi) is 5.84. The lowest BCUT2D eigenvalue weighted by Gasteiger charge is -2.04. The van der Waals surface area contributed by atoms with E-state index in [1.807, 2.05) is 31.2 Å². The molecule has 1 aromatic carbocycles. The molecule has 0 aliphatic heterocycles. The third kappa shape index (κ3) is 5.03. The minimum Gasteiger partial charge on any atom is -0.352 e. The number of rotatable bonds is 6. The summed E-state index contributed by atoms with van der Waals surface area (Å²) < 4.78 is 0. The summed E-state index contributed by atoms with van der Waals surface area (Å²) in [5, 5.41) is 3.74. The molecule has 1 amide bonds. The van der Waals surface area contributed by atoms with Crippen molar-refractivity contribution in [3.05, 3.63) is 58.7 Å². The average molecular weight is 318 g/mol. The SMILES string of the molecule is CC(C=C[C@@H]1C[C@H]1c1ccccc1Cl)=CC(=O)NCC(C)C. The number of amides is 1. The van der Waals surface area contributed by atoms with Crippen molar-refractivity contribution in [2.45, 2.75) is 33.1 Å². The van der Waals surface area contributed by atoms with Crippen LogP contribution in [0.25, 0.3) is 0 Å². The fourth-order valence-corrected chi connectivity index (χ4v) is 2.72. The zero-order valence-electron chi connectivity index (χ0n) is 13.5. The highest BCUT2D eigenvalue weighted by molar-refractivity contribution is 6.31. The molecule has 0 heterocycles. The molecule has 1 aliphatic carbocycles. The molecule has 1 saturated carbocycles. The molecule has 0 unspecified atom stereocenters. The normalized spacial score (nSPS) is 21.4. The van der Waals surface area contributed by atoms with Crippen molar-refractivity contribution in [2.24, 2.45) is 11.8 Å². The topological polar surface area (TPSA) is 29.1 Å².